The molecule has 1 nitrogen and oxygen atoms in total. The molecule has 0 radical (unpaired) electrons. The number of unbranched alkanes of at least 4 members (excludes halogenated alkanes) is 18. The molecule has 0 N–H and O–H groups in total. The predicted molar refractivity (Wildman–Crippen MR) is 139 cm³/mol. The molecule has 0 aromatic carbocycles. The van der Waals surface area contributed by atoms with Crippen LogP contribution >= 0.6 is 11.6 Å². The first-order chi connectivity index (χ1) is 15.3. The third-order valence-corrected chi connectivity index (χ3v) is 6.99. The van der Waals surface area contributed by atoms with Crippen LogP contribution in [0.2, 0.25) is 5.02 Å². The van der Waals surface area contributed by atoms with Crippen LogP contribution in [0.15, 0.2) is 18.3 Å². The average molecular weight is 451 g/mol. The maximum absolute atomic E-state index is 6.56. The van der Waals surface area contributed by atoms with Gasteiger partial charge in [0.25, 0.3) is 0 Å². The van der Waals surface area contributed by atoms with E-state index in [4.69, 9.17) is 11.6 Å². The van der Waals surface area contributed by atoms with Crippen molar-refractivity contribution in [2.24, 2.45) is 0 Å². The van der Waals surface area contributed by atoms with Crippen molar-refractivity contribution >= 4 is 11.6 Å². The largest absolute Gasteiger partial charge is 0.201 e. The predicted octanol–water partition coefficient (Wildman–Crippen LogP) is 10.0. The normalized spacial score (nSPS) is 11.3. The number of hydrogen-bond acceptors (Lipinski definition) is 0. The lowest BCUT2D eigenvalue weighted by molar-refractivity contribution is -0.704. The molecule has 0 bridgehead atoms. The maximum atomic E-state index is 6.56. The van der Waals surface area contributed by atoms with E-state index in [1.807, 2.05) is 0 Å². The summed E-state index contributed by atoms with van der Waals surface area (Å²) in [5.74, 6) is 0. The Balaban J connectivity index is 2.11. The third kappa shape index (κ3) is 15.8. The number of aryl methyl sites for hydroxylation is 1. The SMILES string of the molecule is CCCCCCCCCCCCc1c(Cl)ccc[n+]1CCCCCCCCCCCC. The second kappa shape index (κ2) is 21.3. The van der Waals surface area contributed by atoms with Crippen LogP contribution < -0.4 is 4.57 Å². The molecule has 2 heteroatoms. The van der Waals surface area contributed by atoms with Crippen molar-refractivity contribution in [2.75, 3.05) is 0 Å². The lowest BCUT2D eigenvalue weighted by Gasteiger charge is -2.07. The molecule has 0 aliphatic heterocycles. The van der Waals surface area contributed by atoms with Crippen molar-refractivity contribution in [2.45, 2.75) is 155 Å². The highest BCUT2D eigenvalue weighted by Crippen LogP contribution is 2.17. The second-order valence-corrected chi connectivity index (χ2v) is 10.0. The zero-order valence-electron chi connectivity index (χ0n) is 21.1. The Morgan fingerprint density at radius 3 is 1.48 bits per heavy atom. The van der Waals surface area contributed by atoms with E-state index >= 15 is 0 Å². The van der Waals surface area contributed by atoms with E-state index in [0.29, 0.717) is 0 Å². The van der Waals surface area contributed by atoms with E-state index in [9.17, 15) is 0 Å². The van der Waals surface area contributed by atoms with Gasteiger partial charge in [-0.15, -0.1) is 0 Å². The molecular weight excluding hydrogens is 398 g/mol. The van der Waals surface area contributed by atoms with Crippen molar-refractivity contribution in [3.05, 3.63) is 29.0 Å². The highest BCUT2D eigenvalue weighted by molar-refractivity contribution is 6.31. The molecule has 31 heavy (non-hydrogen) atoms. The van der Waals surface area contributed by atoms with E-state index in [1.165, 1.54) is 134 Å². The number of hydrogen-bond donors (Lipinski definition) is 0. The average Bonchev–Trinajstić information content (AvgIpc) is 2.77. The van der Waals surface area contributed by atoms with Crippen molar-refractivity contribution in [1.82, 2.24) is 0 Å². The van der Waals surface area contributed by atoms with Gasteiger partial charge >= 0.3 is 0 Å². The van der Waals surface area contributed by atoms with Gasteiger partial charge in [-0.25, -0.2) is 4.57 Å². The Bertz CT molecular complexity index is 513. The Hall–Kier alpha value is -0.560. The molecule has 0 saturated heterocycles. The molecular formula is C29H53ClN+. The molecule has 0 spiro atoms. The van der Waals surface area contributed by atoms with Crippen LogP contribution in [0, 0.1) is 0 Å². The summed E-state index contributed by atoms with van der Waals surface area (Å²) in [6.07, 6.45) is 31.2. The highest BCUT2D eigenvalue weighted by Gasteiger charge is 2.14. The van der Waals surface area contributed by atoms with E-state index in [2.05, 4.69) is 36.7 Å². The number of nitrogens with zero attached hydrogens (tertiary/aromatic N) is 1. The minimum absolute atomic E-state index is 0.963. The second-order valence-electron chi connectivity index (χ2n) is 9.61. The fourth-order valence-corrected chi connectivity index (χ4v) is 4.85. The smallest absolute Gasteiger partial charge is 0.200 e. The van der Waals surface area contributed by atoms with Gasteiger partial charge in [0, 0.05) is 18.9 Å². The summed E-state index contributed by atoms with van der Waals surface area (Å²) in [6.45, 7) is 5.71. The summed E-state index contributed by atoms with van der Waals surface area (Å²) in [7, 11) is 0. The zero-order chi connectivity index (χ0) is 22.4. The molecule has 0 atom stereocenters. The van der Waals surface area contributed by atoms with Crippen LogP contribution in [-0.2, 0) is 13.0 Å². The number of rotatable bonds is 22. The third-order valence-electron chi connectivity index (χ3n) is 6.65. The highest BCUT2D eigenvalue weighted by atomic mass is 35.5. The monoisotopic (exact) mass is 450 g/mol. The van der Waals surface area contributed by atoms with Crippen LogP contribution in [0.3, 0.4) is 0 Å². The van der Waals surface area contributed by atoms with E-state index in [1.54, 1.807) is 0 Å². The van der Waals surface area contributed by atoms with Crippen LogP contribution in [0.5, 0.6) is 0 Å². The quantitative estimate of drug-likeness (QED) is 0.122. The van der Waals surface area contributed by atoms with E-state index in [0.717, 1.165) is 18.0 Å². The molecule has 180 valence electrons. The maximum Gasteiger partial charge on any atom is 0.200 e. The van der Waals surface area contributed by atoms with Crippen LogP contribution in [-0.4, -0.2) is 0 Å². The molecule has 1 aromatic rings. The molecule has 0 aliphatic rings. The topological polar surface area (TPSA) is 3.88 Å². The number of pyridine rings is 1. The molecule has 0 saturated carbocycles. The molecule has 0 unspecified atom stereocenters. The van der Waals surface area contributed by atoms with Gasteiger partial charge in [-0.2, -0.15) is 0 Å². The van der Waals surface area contributed by atoms with Gasteiger partial charge in [0.15, 0.2) is 11.9 Å². The Labute approximate surface area is 200 Å². The minimum atomic E-state index is 0.963. The minimum Gasteiger partial charge on any atom is -0.201 e. The lowest BCUT2D eigenvalue weighted by atomic mass is 10.0. The molecule has 0 aliphatic carbocycles. The van der Waals surface area contributed by atoms with Crippen molar-refractivity contribution in [3.8, 4) is 0 Å². The van der Waals surface area contributed by atoms with Gasteiger partial charge in [-0.05, 0) is 18.9 Å². The lowest BCUT2D eigenvalue weighted by Crippen LogP contribution is -2.38. The van der Waals surface area contributed by atoms with Gasteiger partial charge in [0.2, 0.25) is 0 Å². The van der Waals surface area contributed by atoms with Crippen molar-refractivity contribution < 1.29 is 4.57 Å². The molecule has 1 heterocycles. The van der Waals surface area contributed by atoms with Crippen LogP contribution in [0.4, 0.5) is 0 Å². The van der Waals surface area contributed by atoms with Gasteiger partial charge in [-0.3, -0.25) is 0 Å². The van der Waals surface area contributed by atoms with Gasteiger partial charge in [0.05, 0.1) is 0 Å². The number of aromatic nitrogens is 1. The fourth-order valence-electron chi connectivity index (χ4n) is 4.58. The summed E-state index contributed by atoms with van der Waals surface area (Å²) >= 11 is 6.56. The number of halogens is 1. The van der Waals surface area contributed by atoms with Gasteiger partial charge in [0.1, 0.15) is 11.6 Å². The summed E-state index contributed by atoms with van der Waals surface area (Å²) in [5.41, 5.74) is 1.36. The Kier molecular flexibility index (Phi) is 19.6. The van der Waals surface area contributed by atoms with E-state index in [-0.39, 0.29) is 0 Å². The summed E-state index contributed by atoms with van der Waals surface area (Å²) in [6, 6.07) is 4.18. The standard InChI is InChI=1S/C29H53ClN/c1-3-5-7-9-11-13-15-17-19-21-25-29-28(30)24-23-27-31(29)26-22-20-18-16-14-12-10-8-6-4-2/h23-24,27H,3-22,25-26H2,1-2H3/q+1. The fraction of sp³-hybridized carbons (Fsp3) is 0.828. The molecule has 0 amide bonds. The molecule has 1 aromatic heterocycles. The first kappa shape index (κ1) is 28.5. The summed E-state index contributed by atoms with van der Waals surface area (Å²) < 4.78 is 2.43. The summed E-state index contributed by atoms with van der Waals surface area (Å²) in [5, 5.41) is 0.963. The first-order valence-electron chi connectivity index (χ1n) is 14.0. The van der Waals surface area contributed by atoms with Gasteiger partial charge in [-0.1, -0.05) is 135 Å². The first-order valence-corrected chi connectivity index (χ1v) is 14.3. The van der Waals surface area contributed by atoms with E-state index < -0.39 is 0 Å². The van der Waals surface area contributed by atoms with Gasteiger partial charge < -0.3 is 0 Å². The molecule has 0 fully saturated rings. The van der Waals surface area contributed by atoms with Crippen LogP contribution in [0.25, 0.3) is 0 Å². The molecule has 1 rings (SSSR count). The van der Waals surface area contributed by atoms with Crippen LogP contribution in [0.1, 0.15) is 148 Å². The van der Waals surface area contributed by atoms with Crippen molar-refractivity contribution in [1.29, 1.82) is 0 Å². The Morgan fingerprint density at radius 2 is 1.00 bits per heavy atom. The zero-order valence-corrected chi connectivity index (χ0v) is 21.9. The van der Waals surface area contributed by atoms with Crippen molar-refractivity contribution in [3.63, 3.8) is 0 Å². The Morgan fingerprint density at radius 1 is 0.581 bits per heavy atom. The summed E-state index contributed by atoms with van der Waals surface area (Å²) in [4.78, 5) is 0.